The summed E-state index contributed by atoms with van der Waals surface area (Å²) in [5, 5.41) is 12.8. The molecular weight excluding hydrogens is 496 g/mol. The Hall–Kier alpha value is -5.39. The molecule has 0 aliphatic heterocycles. The maximum Gasteiger partial charge on any atom is 0.0994 e. The Labute approximate surface area is 238 Å². The van der Waals surface area contributed by atoms with Crippen LogP contribution in [0.3, 0.4) is 0 Å². The van der Waals surface area contributed by atoms with Gasteiger partial charge in [-0.2, -0.15) is 5.26 Å². The highest BCUT2D eigenvalue weighted by Crippen LogP contribution is 2.58. The van der Waals surface area contributed by atoms with Crippen molar-refractivity contribution in [3.8, 4) is 22.9 Å². The zero-order valence-electron chi connectivity index (χ0n) is 22.3. The minimum Gasteiger partial charge on any atom is -0.309 e. The van der Waals surface area contributed by atoms with Gasteiger partial charge in [-0.05, 0) is 74.8 Å². The average Bonchev–Trinajstić information content (AvgIpc) is 3.38. The number of benzene rings is 6. The molecule has 3 aliphatic carbocycles. The van der Waals surface area contributed by atoms with Crippen molar-refractivity contribution < 1.29 is 0 Å². The van der Waals surface area contributed by atoms with E-state index in [2.05, 4.69) is 138 Å². The molecule has 0 radical (unpaired) electrons. The molecule has 0 unspecified atom stereocenters. The molecule has 10 rings (SSSR count). The van der Waals surface area contributed by atoms with Crippen LogP contribution in [0.15, 0.2) is 133 Å². The normalized spacial score (nSPS) is 16.3. The van der Waals surface area contributed by atoms with Crippen LogP contribution in [0.5, 0.6) is 0 Å². The first kappa shape index (κ1) is 22.4. The Kier molecular flexibility index (Phi) is 4.54. The third-order valence-electron chi connectivity index (χ3n) is 9.22. The summed E-state index contributed by atoms with van der Waals surface area (Å²) in [6, 6.07) is 50.6. The van der Waals surface area contributed by atoms with Gasteiger partial charge in [-0.1, -0.05) is 103 Å². The number of nitriles is 1. The van der Waals surface area contributed by atoms with E-state index in [0.29, 0.717) is 0 Å². The molecule has 7 aromatic rings. The van der Waals surface area contributed by atoms with Crippen LogP contribution in [-0.4, -0.2) is 4.57 Å². The first-order chi connectivity index (χ1) is 20.3. The van der Waals surface area contributed by atoms with Gasteiger partial charge in [0.15, 0.2) is 0 Å². The van der Waals surface area contributed by atoms with Gasteiger partial charge >= 0.3 is 0 Å². The Balaban J connectivity index is 1.36. The van der Waals surface area contributed by atoms with E-state index in [1.807, 2.05) is 6.07 Å². The second kappa shape index (κ2) is 8.31. The highest BCUT2D eigenvalue weighted by atomic mass is 15.0. The van der Waals surface area contributed by atoms with Gasteiger partial charge < -0.3 is 4.57 Å². The van der Waals surface area contributed by atoms with Gasteiger partial charge in [0.2, 0.25) is 0 Å². The molecule has 3 aliphatic rings. The zero-order valence-corrected chi connectivity index (χ0v) is 22.3. The number of aromatic nitrogens is 1. The molecule has 2 heteroatoms. The van der Waals surface area contributed by atoms with Gasteiger partial charge in [-0.3, -0.25) is 0 Å². The van der Waals surface area contributed by atoms with Crippen LogP contribution in [-0.2, 0) is 0 Å². The SMILES string of the molecule is N#Cc1ccc(-c2ccc3c4ccccc4n(-c4ccccc4)c3c2)c2c1C1c3ccccc3C2c2ccccc21. The average molecular weight is 521 g/mol. The summed E-state index contributed by atoms with van der Waals surface area (Å²) in [5.74, 6) is 0.165. The van der Waals surface area contributed by atoms with Crippen LogP contribution >= 0.6 is 0 Å². The molecule has 1 heterocycles. The van der Waals surface area contributed by atoms with Crippen molar-refractivity contribution in [2.75, 3.05) is 0 Å². The molecule has 0 N–H and O–H groups in total. The maximum absolute atomic E-state index is 10.3. The summed E-state index contributed by atoms with van der Waals surface area (Å²) in [5.41, 5.74) is 14.6. The standard InChI is InChI=1S/C39H24N2/c40-23-25-19-20-27(39-36(25)37-30-13-4-6-15-32(30)38(39)33-16-7-5-14-31(33)37)24-18-21-29-28-12-8-9-17-34(28)41(35(29)22-24)26-10-2-1-3-11-26/h1-22,37-38H. The summed E-state index contributed by atoms with van der Waals surface area (Å²) >= 11 is 0. The van der Waals surface area contributed by atoms with E-state index in [1.165, 1.54) is 66.3 Å². The first-order valence-corrected chi connectivity index (χ1v) is 14.2. The van der Waals surface area contributed by atoms with E-state index in [-0.39, 0.29) is 11.8 Å². The monoisotopic (exact) mass is 520 g/mol. The number of para-hydroxylation sites is 2. The van der Waals surface area contributed by atoms with Crippen molar-refractivity contribution in [1.29, 1.82) is 5.26 Å². The van der Waals surface area contributed by atoms with Gasteiger partial charge in [0.1, 0.15) is 0 Å². The van der Waals surface area contributed by atoms with Crippen LogP contribution in [0, 0.1) is 11.3 Å². The van der Waals surface area contributed by atoms with E-state index >= 15 is 0 Å². The molecular formula is C39H24N2. The quantitative estimate of drug-likeness (QED) is 0.223. The lowest BCUT2D eigenvalue weighted by Gasteiger charge is -2.43. The molecule has 2 bridgehead atoms. The lowest BCUT2D eigenvalue weighted by molar-refractivity contribution is 0.753. The second-order valence-corrected chi connectivity index (χ2v) is 11.1. The number of hydrogen-bond donors (Lipinski definition) is 0. The van der Waals surface area contributed by atoms with E-state index in [0.717, 1.165) is 11.3 Å². The Morgan fingerprint density at radius 3 is 1.78 bits per heavy atom. The van der Waals surface area contributed by atoms with Crippen LogP contribution in [0.1, 0.15) is 50.8 Å². The third kappa shape index (κ3) is 2.95. The van der Waals surface area contributed by atoms with Crippen molar-refractivity contribution in [3.63, 3.8) is 0 Å². The topological polar surface area (TPSA) is 28.7 Å². The molecule has 0 fully saturated rings. The lowest BCUT2D eigenvalue weighted by Crippen LogP contribution is -2.29. The molecule has 190 valence electrons. The summed E-state index contributed by atoms with van der Waals surface area (Å²) in [6.07, 6.45) is 0. The van der Waals surface area contributed by atoms with Crippen LogP contribution in [0.25, 0.3) is 38.6 Å². The fourth-order valence-electron chi connectivity index (χ4n) is 7.63. The van der Waals surface area contributed by atoms with Gasteiger partial charge in [0, 0.05) is 28.3 Å². The van der Waals surface area contributed by atoms with Gasteiger partial charge in [-0.15, -0.1) is 0 Å². The van der Waals surface area contributed by atoms with Crippen molar-refractivity contribution in [1.82, 2.24) is 4.57 Å². The van der Waals surface area contributed by atoms with Gasteiger partial charge in [0.05, 0.1) is 22.7 Å². The van der Waals surface area contributed by atoms with Gasteiger partial charge in [0.25, 0.3) is 0 Å². The fourth-order valence-corrected chi connectivity index (χ4v) is 7.63. The van der Waals surface area contributed by atoms with Crippen molar-refractivity contribution >= 4 is 21.8 Å². The summed E-state index contributed by atoms with van der Waals surface area (Å²) < 4.78 is 2.38. The largest absolute Gasteiger partial charge is 0.309 e. The minimum atomic E-state index is 0.0662. The Morgan fingerprint density at radius 2 is 1.10 bits per heavy atom. The predicted molar refractivity (Wildman–Crippen MR) is 166 cm³/mol. The van der Waals surface area contributed by atoms with Crippen molar-refractivity contribution in [2.24, 2.45) is 0 Å². The molecule has 0 saturated carbocycles. The smallest absolute Gasteiger partial charge is 0.0994 e. The summed E-state index contributed by atoms with van der Waals surface area (Å²) in [4.78, 5) is 0. The highest BCUT2D eigenvalue weighted by Gasteiger charge is 2.43. The van der Waals surface area contributed by atoms with Crippen LogP contribution in [0.2, 0.25) is 0 Å². The summed E-state index contributed by atoms with van der Waals surface area (Å²) in [6.45, 7) is 0. The molecule has 2 nitrogen and oxygen atoms in total. The Morgan fingerprint density at radius 1 is 0.512 bits per heavy atom. The molecule has 0 saturated heterocycles. The lowest BCUT2D eigenvalue weighted by atomic mass is 9.59. The predicted octanol–water partition coefficient (Wildman–Crippen LogP) is 9.31. The number of fused-ring (bicyclic) bond motifs is 3. The van der Waals surface area contributed by atoms with E-state index in [9.17, 15) is 5.26 Å². The van der Waals surface area contributed by atoms with Gasteiger partial charge in [-0.25, -0.2) is 0 Å². The second-order valence-electron chi connectivity index (χ2n) is 11.1. The maximum atomic E-state index is 10.3. The molecule has 0 atom stereocenters. The highest BCUT2D eigenvalue weighted by molar-refractivity contribution is 6.10. The van der Waals surface area contributed by atoms with Crippen LogP contribution in [0.4, 0.5) is 0 Å². The molecule has 6 aromatic carbocycles. The first-order valence-electron chi connectivity index (χ1n) is 14.2. The van der Waals surface area contributed by atoms with E-state index in [4.69, 9.17) is 0 Å². The fraction of sp³-hybridized carbons (Fsp3) is 0.0513. The van der Waals surface area contributed by atoms with E-state index in [1.54, 1.807) is 0 Å². The van der Waals surface area contributed by atoms with Crippen molar-refractivity contribution in [3.05, 3.63) is 172 Å². The Bertz CT molecular complexity index is 2180. The molecule has 0 spiro atoms. The number of hydrogen-bond acceptors (Lipinski definition) is 1. The molecule has 1 aromatic heterocycles. The number of rotatable bonds is 2. The summed E-state index contributed by atoms with van der Waals surface area (Å²) in [7, 11) is 0. The zero-order chi connectivity index (χ0) is 27.1. The molecule has 41 heavy (non-hydrogen) atoms. The van der Waals surface area contributed by atoms with Crippen molar-refractivity contribution in [2.45, 2.75) is 11.8 Å². The third-order valence-corrected chi connectivity index (χ3v) is 9.22. The number of nitrogens with zero attached hydrogens (tertiary/aromatic N) is 2. The van der Waals surface area contributed by atoms with Crippen LogP contribution < -0.4 is 0 Å². The minimum absolute atomic E-state index is 0.0662. The molecule has 0 amide bonds. The van der Waals surface area contributed by atoms with E-state index < -0.39 is 0 Å².